The minimum absolute atomic E-state index is 0.161. The maximum Gasteiger partial charge on any atom is 0.258 e. The first kappa shape index (κ1) is 21.6. The molecule has 3 aromatic heterocycles. The highest BCUT2D eigenvalue weighted by Gasteiger charge is 2.11. The molecule has 0 bridgehead atoms. The molecule has 1 aromatic carbocycles. The first-order chi connectivity index (χ1) is 16.1. The third kappa shape index (κ3) is 5.24. The van der Waals surface area contributed by atoms with Gasteiger partial charge in [-0.3, -0.25) is 19.3 Å². The average Bonchev–Trinajstić information content (AvgIpc) is 3.36. The largest absolute Gasteiger partial charge is 0.487 e. The molecule has 6 nitrogen and oxygen atoms in total. The third-order valence-corrected chi connectivity index (χ3v) is 6.18. The van der Waals surface area contributed by atoms with Crippen molar-refractivity contribution in [2.75, 3.05) is 19.6 Å². The number of fused-ring (bicyclic) bond motifs is 1. The maximum absolute atomic E-state index is 12.7. The zero-order valence-electron chi connectivity index (χ0n) is 18.3. The van der Waals surface area contributed by atoms with Crippen molar-refractivity contribution in [2.24, 2.45) is 0 Å². The van der Waals surface area contributed by atoms with Gasteiger partial charge in [0.1, 0.15) is 12.4 Å². The molecular formula is C26H25ClN4O2. The first-order valence-electron chi connectivity index (χ1n) is 11.2. The van der Waals surface area contributed by atoms with E-state index < -0.39 is 0 Å². The van der Waals surface area contributed by atoms with Gasteiger partial charge in [0.05, 0.1) is 16.2 Å². The van der Waals surface area contributed by atoms with Crippen LogP contribution >= 0.6 is 11.6 Å². The molecule has 0 aliphatic carbocycles. The summed E-state index contributed by atoms with van der Waals surface area (Å²) in [5.74, 6) is 0.498. The van der Waals surface area contributed by atoms with E-state index >= 15 is 0 Å². The zero-order valence-corrected chi connectivity index (χ0v) is 19.0. The molecule has 0 saturated carbocycles. The van der Waals surface area contributed by atoms with Gasteiger partial charge in [0.2, 0.25) is 0 Å². The quantitative estimate of drug-likeness (QED) is 0.401. The minimum Gasteiger partial charge on any atom is -0.487 e. The Bertz CT molecular complexity index is 1310. The summed E-state index contributed by atoms with van der Waals surface area (Å²) in [4.78, 5) is 24.2. The lowest BCUT2D eigenvalue weighted by atomic mass is 10.1. The van der Waals surface area contributed by atoms with Gasteiger partial charge in [-0.05, 0) is 68.4 Å². The van der Waals surface area contributed by atoms with Crippen LogP contribution in [0, 0.1) is 0 Å². The van der Waals surface area contributed by atoms with E-state index in [-0.39, 0.29) is 12.2 Å². The van der Waals surface area contributed by atoms with E-state index in [4.69, 9.17) is 21.3 Å². The second-order valence-corrected chi connectivity index (χ2v) is 8.74. The van der Waals surface area contributed by atoms with Gasteiger partial charge in [0.25, 0.3) is 5.56 Å². The summed E-state index contributed by atoms with van der Waals surface area (Å²) in [6.45, 7) is 3.73. The molecule has 0 N–H and O–H groups in total. The standard InChI is InChI=1S/C26H25ClN4O2/c27-20-4-6-22(28-17-20)18-33-24-10-14-31(26(32)16-24)23-7-8-25-19(15-23)3-5-21(29-25)9-13-30-11-1-2-12-30/h3-8,10,14-17H,1-2,9,11-13,18H2. The van der Waals surface area contributed by atoms with Crippen LogP contribution in [-0.2, 0) is 13.0 Å². The fourth-order valence-corrected chi connectivity index (χ4v) is 4.25. The number of benzene rings is 1. The lowest BCUT2D eigenvalue weighted by Gasteiger charge is -2.14. The van der Waals surface area contributed by atoms with Crippen LogP contribution in [0.15, 0.2) is 71.8 Å². The van der Waals surface area contributed by atoms with E-state index in [9.17, 15) is 4.79 Å². The summed E-state index contributed by atoms with van der Waals surface area (Å²) >= 11 is 5.85. The number of rotatable bonds is 7. The molecule has 0 unspecified atom stereocenters. The molecule has 168 valence electrons. The SMILES string of the molecule is O=c1cc(OCc2ccc(Cl)cn2)ccn1-c1ccc2nc(CCN3CCCC3)ccc2c1. The van der Waals surface area contributed by atoms with E-state index in [1.807, 2.05) is 18.2 Å². The summed E-state index contributed by atoms with van der Waals surface area (Å²) in [6.07, 6.45) is 6.87. The normalized spacial score (nSPS) is 14.1. The highest BCUT2D eigenvalue weighted by Crippen LogP contribution is 2.19. The Morgan fingerprint density at radius 1 is 0.970 bits per heavy atom. The van der Waals surface area contributed by atoms with Gasteiger partial charge in [0, 0.05) is 48.2 Å². The maximum atomic E-state index is 12.7. The summed E-state index contributed by atoms with van der Waals surface area (Å²) < 4.78 is 7.32. The number of nitrogens with zero attached hydrogens (tertiary/aromatic N) is 4. The molecule has 1 aliphatic rings. The fourth-order valence-electron chi connectivity index (χ4n) is 4.14. The number of likely N-dealkylation sites (tertiary alicyclic amines) is 1. The van der Waals surface area contributed by atoms with Gasteiger partial charge in [0.15, 0.2) is 0 Å². The summed E-state index contributed by atoms with van der Waals surface area (Å²) in [5, 5.41) is 1.59. The predicted molar refractivity (Wildman–Crippen MR) is 130 cm³/mol. The van der Waals surface area contributed by atoms with Crippen molar-refractivity contribution in [2.45, 2.75) is 25.9 Å². The van der Waals surface area contributed by atoms with Crippen LogP contribution in [0.5, 0.6) is 5.75 Å². The van der Waals surface area contributed by atoms with Crippen LogP contribution in [-0.4, -0.2) is 39.1 Å². The molecule has 0 radical (unpaired) electrons. The second kappa shape index (κ2) is 9.73. The van der Waals surface area contributed by atoms with E-state index in [1.165, 1.54) is 32.0 Å². The second-order valence-electron chi connectivity index (χ2n) is 8.31. The van der Waals surface area contributed by atoms with Gasteiger partial charge >= 0.3 is 0 Å². The fraction of sp³-hybridized carbons (Fsp3) is 0.269. The highest BCUT2D eigenvalue weighted by atomic mass is 35.5. The Morgan fingerprint density at radius 2 is 1.82 bits per heavy atom. The summed E-state index contributed by atoms with van der Waals surface area (Å²) in [6, 6.07) is 16.9. The number of halogens is 1. The van der Waals surface area contributed by atoms with E-state index in [2.05, 4.69) is 22.0 Å². The Balaban J connectivity index is 1.29. The molecule has 1 saturated heterocycles. The monoisotopic (exact) mass is 460 g/mol. The van der Waals surface area contributed by atoms with Crippen molar-refractivity contribution in [3.8, 4) is 11.4 Å². The molecule has 33 heavy (non-hydrogen) atoms. The lowest BCUT2D eigenvalue weighted by molar-refractivity contribution is 0.300. The molecule has 4 aromatic rings. The van der Waals surface area contributed by atoms with Crippen LogP contribution in [0.3, 0.4) is 0 Å². The minimum atomic E-state index is -0.161. The summed E-state index contributed by atoms with van der Waals surface area (Å²) in [5.41, 5.74) is 3.43. The topological polar surface area (TPSA) is 60.2 Å². The molecular weight excluding hydrogens is 436 g/mol. The molecule has 7 heteroatoms. The lowest BCUT2D eigenvalue weighted by Crippen LogP contribution is -2.22. The predicted octanol–water partition coefficient (Wildman–Crippen LogP) is 4.65. The van der Waals surface area contributed by atoms with Crippen LogP contribution in [0.1, 0.15) is 24.2 Å². The van der Waals surface area contributed by atoms with Crippen molar-refractivity contribution in [1.29, 1.82) is 0 Å². The Kier molecular flexibility index (Phi) is 6.37. The van der Waals surface area contributed by atoms with Gasteiger partial charge in [-0.25, -0.2) is 0 Å². The highest BCUT2D eigenvalue weighted by molar-refractivity contribution is 6.30. The molecule has 0 amide bonds. The molecule has 0 atom stereocenters. The van der Waals surface area contributed by atoms with Crippen LogP contribution in [0.4, 0.5) is 0 Å². The first-order valence-corrected chi connectivity index (χ1v) is 11.6. The molecule has 0 spiro atoms. The molecule has 1 fully saturated rings. The number of ether oxygens (including phenoxy) is 1. The molecule has 4 heterocycles. The molecule has 1 aliphatic heterocycles. The summed E-state index contributed by atoms with van der Waals surface area (Å²) in [7, 11) is 0. The van der Waals surface area contributed by atoms with Crippen LogP contribution in [0.2, 0.25) is 5.02 Å². The van der Waals surface area contributed by atoms with Crippen molar-refractivity contribution in [3.63, 3.8) is 0 Å². The van der Waals surface area contributed by atoms with Gasteiger partial charge in [-0.1, -0.05) is 17.7 Å². The zero-order chi connectivity index (χ0) is 22.6. The van der Waals surface area contributed by atoms with Crippen molar-refractivity contribution >= 4 is 22.5 Å². The van der Waals surface area contributed by atoms with Gasteiger partial charge < -0.3 is 9.64 Å². The number of hydrogen-bond acceptors (Lipinski definition) is 5. The van der Waals surface area contributed by atoms with E-state index in [1.54, 1.807) is 35.2 Å². The number of pyridine rings is 3. The van der Waals surface area contributed by atoms with Crippen molar-refractivity contribution in [3.05, 3.63) is 93.8 Å². The van der Waals surface area contributed by atoms with Crippen molar-refractivity contribution < 1.29 is 4.74 Å². The smallest absolute Gasteiger partial charge is 0.258 e. The van der Waals surface area contributed by atoms with E-state index in [0.29, 0.717) is 10.8 Å². The van der Waals surface area contributed by atoms with Crippen molar-refractivity contribution in [1.82, 2.24) is 19.4 Å². The van der Waals surface area contributed by atoms with E-state index in [0.717, 1.165) is 40.9 Å². The van der Waals surface area contributed by atoms with Gasteiger partial charge in [-0.15, -0.1) is 0 Å². The number of aromatic nitrogens is 3. The van der Waals surface area contributed by atoms with Crippen LogP contribution in [0.25, 0.3) is 16.6 Å². The molecule has 5 rings (SSSR count). The Morgan fingerprint density at radius 3 is 2.61 bits per heavy atom. The number of hydrogen-bond donors (Lipinski definition) is 0. The third-order valence-electron chi connectivity index (χ3n) is 5.96. The van der Waals surface area contributed by atoms with Gasteiger partial charge in [-0.2, -0.15) is 0 Å². The Hall–Kier alpha value is -3.22. The van der Waals surface area contributed by atoms with Crippen LogP contribution < -0.4 is 10.3 Å². The Labute approximate surface area is 197 Å². The average molecular weight is 461 g/mol.